The van der Waals surface area contributed by atoms with Crippen LogP contribution >= 0.6 is 11.3 Å². The molecule has 2 aromatic heterocycles. The number of rotatable bonds is 2. The number of pyridine rings is 1. The second kappa shape index (κ2) is 9.74. The molecule has 0 aliphatic rings. The van der Waals surface area contributed by atoms with Crippen LogP contribution in [0.15, 0.2) is 66.6 Å². The van der Waals surface area contributed by atoms with Crippen LogP contribution in [0.1, 0.15) is 19.4 Å². The molecular formula is C23H20IrNO2S-. The fourth-order valence-corrected chi connectivity index (χ4v) is 4.16. The minimum atomic E-state index is -0.125. The van der Waals surface area contributed by atoms with Gasteiger partial charge in [-0.3, -0.25) is 4.79 Å². The first-order valence-electron chi connectivity index (χ1n) is 8.59. The molecule has 3 nitrogen and oxygen atoms in total. The van der Waals surface area contributed by atoms with E-state index in [9.17, 15) is 4.79 Å². The van der Waals surface area contributed by atoms with Crippen LogP contribution in [0.2, 0.25) is 0 Å². The molecule has 145 valence electrons. The van der Waals surface area contributed by atoms with Crippen molar-refractivity contribution >= 4 is 37.3 Å². The summed E-state index contributed by atoms with van der Waals surface area (Å²) in [7, 11) is 0. The van der Waals surface area contributed by atoms with Crippen molar-refractivity contribution in [2.24, 2.45) is 0 Å². The van der Waals surface area contributed by atoms with E-state index in [1.165, 1.54) is 45.7 Å². The van der Waals surface area contributed by atoms with Gasteiger partial charge in [0.25, 0.3) is 0 Å². The Morgan fingerprint density at radius 1 is 1.07 bits per heavy atom. The maximum absolute atomic E-state index is 10.0. The van der Waals surface area contributed by atoms with Crippen LogP contribution in [-0.4, -0.2) is 15.9 Å². The number of hydrogen-bond acceptors (Lipinski definition) is 4. The maximum atomic E-state index is 10.0. The Morgan fingerprint density at radius 2 is 1.82 bits per heavy atom. The first-order valence-corrected chi connectivity index (χ1v) is 9.41. The van der Waals surface area contributed by atoms with Crippen LogP contribution < -0.4 is 0 Å². The van der Waals surface area contributed by atoms with Crippen LogP contribution in [0, 0.1) is 13.0 Å². The van der Waals surface area contributed by atoms with E-state index in [4.69, 9.17) is 5.11 Å². The number of aryl methyl sites for hydroxylation is 1. The van der Waals surface area contributed by atoms with Gasteiger partial charge in [-0.05, 0) is 43.2 Å². The van der Waals surface area contributed by atoms with Gasteiger partial charge in [0.2, 0.25) is 0 Å². The van der Waals surface area contributed by atoms with Gasteiger partial charge in [-0.25, -0.2) is 0 Å². The fraction of sp³-hybridized carbons (Fsp3) is 0.130. The van der Waals surface area contributed by atoms with Gasteiger partial charge in [0.15, 0.2) is 5.78 Å². The summed E-state index contributed by atoms with van der Waals surface area (Å²) in [5.41, 5.74) is 3.41. The normalized spacial score (nSPS) is 10.9. The molecule has 1 radical (unpaired) electrons. The Labute approximate surface area is 182 Å². The minimum Gasteiger partial charge on any atom is -0.512 e. The summed E-state index contributed by atoms with van der Waals surface area (Å²) >= 11 is 1.83. The summed E-state index contributed by atoms with van der Waals surface area (Å²) in [6.07, 6.45) is 3.06. The Balaban J connectivity index is 0.000000306. The predicted octanol–water partition coefficient (Wildman–Crippen LogP) is 6.26. The molecule has 0 unspecified atom stereocenters. The topological polar surface area (TPSA) is 50.2 Å². The number of aliphatic hydroxyl groups is 1. The van der Waals surface area contributed by atoms with E-state index >= 15 is 0 Å². The number of carbonyl (C=O) groups is 1. The largest absolute Gasteiger partial charge is 0.512 e. The third kappa shape index (κ3) is 4.93. The van der Waals surface area contributed by atoms with Crippen LogP contribution in [-0.2, 0) is 24.9 Å². The first-order chi connectivity index (χ1) is 13.0. The van der Waals surface area contributed by atoms with Gasteiger partial charge in [0.1, 0.15) is 0 Å². The molecule has 1 N–H and O–H groups in total. The number of carbonyl (C=O) groups excluding carboxylic acids is 1. The zero-order valence-electron chi connectivity index (χ0n) is 15.8. The number of aliphatic hydroxyl groups excluding tert-OH is 1. The molecule has 2 heterocycles. The van der Waals surface area contributed by atoms with Gasteiger partial charge in [0.05, 0.1) is 5.76 Å². The molecule has 28 heavy (non-hydrogen) atoms. The first kappa shape index (κ1) is 22.0. The molecule has 0 atom stereocenters. The molecule has 0 aliphatic heterocycles. The van der Waals surface area contributed by atoms with Crippen molar-refractivity contribution in [3.8, 4) is 11.3 Å². The van der Waals surface area contributed by atoms with Gasteiger partial charge in [-0.1, -0.05) is 18.2 Å². The summed E-state index contributed by atoms with van der Waals surface area (Å²) in [5, 5.41) is 11.0. The van der Waals surface area contributed by atoms with Gasteiger partial charge in [-0.15, -0.1) is 47.2 Å². The van der Waals surface area contributed by atoms with E-state index in [0.29, 0.717) is 0 Å². The third-order valence-corrected chi connectivity index (χ3v) is 5.35. The molecule has 0 saturated carbocycles. The number of nitrogens with zero attached hydrogens (tertiary/aromatic N) is 1. The monoisotopic (exact) mass is 567 g/mol. The molecule has 2 aromatic carbocycles. The van der Waals surface area contributed by atoms with Crippen LogP contribution in [0.5, 0.6) is 0 Å². The molecule has 0 fully saturated rings. The van der Waals surface area contributed by atoms with Crippen LogP contribution in [0.4, 0.5) is 0 Å². The Hall–Kier alpha value is -2.33. The van der Waals surface area contributed by atoms with Crippen LogP contribution in [0.25, 0.3) is 31.4 Å². The standard InChI is InChI=1S/C18H12NS.C5H8O2.Ir/c1-12-6-5-9-14-15-10-11-19-16(18(15)20-17(12)14)13-7-3-2-4-8-13;1-4(6)3-5(2)7;/h2-7,9-11H,1H3;3,6H,1-2H3;/q-1;;/b;4-3-;. The number of aromatic nitrogens is 1. The van der Waals surface area contributed by atoms with E-state index in [1.807, 2.05) is 35.7 Å². The Bertz CT molecular complexity index is 1130. The summed E-state index contributed by atoms with van der Waals surface area (Å²) in [6.45, 7) is 5.01. The van der Waals surface area contributed by atoms with Crippen molar-refractivity contribution in [3.63, 3.8) is 0 Å². The van der Waals surface area contributed by atoms with Crippen molar-refractivity contribution < 1.29 is 30.0 Å². The molecule has 0 bridgehead atoms. The SMILES string of the molecule is CC(=O)/C=C(/C)O.Cc1cccc2c1sc1c(-c3[c-]cccc3)nccc12.[Ir]. The maximum Gasteiger partial charge on any atom is 0.155 e. The molecule has 0 saturated heterocycles. The second-order valence-corrected chi connectivity index (χ2v) is 7.28. The minimum absolute atomic E-state index is 0. The number of hydrogen-bond donors (Lipinski definition) is 1. The zero-order valence-corrected chi connectivity index (χ0v) is 19.0. The van der Waals surface area contributed by atoms with E-state index in [1.54, 1.807) is 0 Å². The number of thiophene rings is 1. The molecule has 4 rings (SSSR count). The van der Waals surface area contributed by atoms with Gasteiger partial charge in [0, 0.05) is 47.5 Å². The smallest absolute Gasteiger partial charge is 0.155 e. The number of fused-ring (bicyclic) bond motifs is 3. The predicted molar refractivity (Wildman–Crippen MR) is 113 cm³/mol. The molecule has 5 heteroatoms. The summed E-state index contributed by atoms with van der Waals surface area (Å²) in [4.78, 5) is 14.6. The molecule has 4 aromatic rings. The molecule has 0 amide bonds. The van der Waals surface area contributed by atoms with Crippen molar-refractivity contribution in [1.82, 2.24) is 4.98 Å². The van der Waals surface area contributed by atoms with Gasteiger partial charge >= 0.3 is 0 Å². The summed E-state index contributed by atoms with van der Waals surface area (Å²) in [5.74, 6) is -0.0625. The van der Waals surface area contributed by atoms with Crippen LogP contribution in [0.3, 0.4) is 0 Å². The Kier molecular flexibility index (Phi) is 7.64. The average Bonchev–Trinajstić information content (AvgIpc) is 3.02. The fourth-order valence-electron chi connectivity index (χ4n) is 2.89. The van der Waals surface area contributed by atoms with Gasteiger partial charge in [-0.2, -0.15) is 0 Å². The number of ketones is 1. The average molecular weight is 567 g/mol. The van der Waals surface area contributed by atoms with E-state index < -0.39 is 0 Å². The van der Waals surface area contributed by atoms with Gasteiger partial charge < -0.3 is 10.1 Å². The zero-order chi connectivity index (χ0) is 19.4. The summed E-state index contributed by atoms with van der Waals surface area (Å²) < 4.78 is 2.60. The van der Waals surface area contributed by atoms with Crippen molar-refractivity contribution in [2.45, 2.75) is 20.8 Å². The second-order valence-electron chi connectivity index (χ2n) is 6.26. The number of allylic oxidation sites excluding steroid dienone is 2. The van der Waals surface area contributed by atoms with E-state index in [-0.39, 0.29) is 31.6 Å². The molecule has 0 aliphatic carbocycles. The summed E-state index contributed by atoms with van der Waals surface area (Å²) in [6, 6.07) is 19.9. The molecular weight excluding hydrogens is 547 g/mol. The van der Waals surface area contributed by atoms with Crippen molar-refractivity contribution in [3.05, 3.63) is 78.2 Å². The third-order valence-electron chi connectivity index (χ3n) is 3.99. The quantitative estimate of drug-likeness (QED) is 0.177. The van der Waals surface area contributed by atoms with E-state index in [0.717, 1.165) is 11.3 Å². The van der Waals surface area contributed by atoms with Crippen molar-refractivity contribution in [2.75, 3.05) is 0 Å². The number of benzene rings is 2. The van der Waals surface area contributed by atoms with E-state index in [2.05, 4.69) is 48.3 Å². The molecule has 0 spiro atoms. The Morgan fingerprint density at radius 3 is 2.43 bits per heavy atom. The van der Waals surface area contributed by atoms with Crippen molar-refractivity contribution in [1.29, 1.82) is 0 Å².